The van der Waals surface area contributed by atoms with E-state index >= 15 is 0 Å². The van der Waals surface area contributed by atoms with Crippen molar-refractivity contribution >= 4 is 22.1 Å². The van der Waals surface area contributed by atoms with Crippen LogP contribution in [0.2, 0.25) is 0 Å². The maximum atomic E-state index is 7.68. The molecule has 0 bridgehead atoms. The van der Waals surface area contributed by atoms with E-state index in [1.807, 2.05) is 11.3 Å². The number of ether oxygens (including phenoxy) is 1. The molecule has 2 nitrogen and oxygen atoms in total. The van der Waals surface area contributed by atoms with Crippen molar-refractivity contribution in [2.75, 3.05) is 0 Å². The highest BCUT2D eigenvalue weighted by molar-refractivity contribution is 7.12. The third-order valence-corrected chi connectivity index (χ3v) is 12.1. The number of benzene rings is 2. The zero-order chi connectivity index (χ0) is 30.2. The zero-order valence-corrected chi connectivity index (χ0v) is 29.1. The molecule has 0 saturated carbocycles. The van der Waals surface area contributed by atoms with Gasteiger partial charge >= 0.3 is 0 Å². The number of fused-ring (bicyclic) bond motifs is 1. The highest BCUT2D eigenvalue weighted by Gasteiger charge is 2.56. The molecule has 0 amide bonds. The molecule has 0 radical (unpaired) electrons. The first kappa shape index (κ1) is 34.4. The molecule has 0 aliphatic carbocycles. The predicted molar refractivity (Wildman–Crippen MR) is 181 cm³/mol. The van der Waals surface area contributed by atoms with Gasteiger partial charge in [0.2, 0.25) is 0 Å². The lowest BCUT2D eigenvalue weighted by Gasteiger charge is -2.55. The Kier molecular flexibility index (Phi) is 9.25. The van der Waals surface area contributed by atoms with Gasteiger partial charge in [-0.15, -0.1) is 11.3 Å². The fourth-order valence-electron chi connectivity index (χ4n) is 6.57. The van der Waals surface area contributed by atoms with Crippen LogP contribution in [0.5, 0.6) is 5.75 Å². The lowest BCUT2D eigenvalue weighted by molar-refractivity contribution is -0.0831. The lowest BCUT2D eigenvalue weighted by atomic mass is 9.62. The van der Waals surface area contributed by atoms with Gasteiger partial charge in [-0.3, -0.25) is 0 Å². The molecule has 0 saturated heterocycles. The molecule has 1 N–H and O–H groups in total. The molecule has 224 valence electrons. The molecule has 1 heterocycles. The summed E-state index contributed by atoms with van der Waals surface area (Å²) in [5.74, 6) is 1.04. The fourth-order valence-corrected chi connectivity index (χ4v) is 7.98. The van der Waals surface area contributed by atoms with Crippen LogP contribution < -0.4 is 10.1 Å². The first-order chi connectivity index (χ1) is 17.5. The Hall–Kier alpha value is -1.84. The van der Waals surface area contributed by atoms with Gasteiger partial charge in [-0.05, 0) is 166 Å². The van der Waals surface area contributed by atoms with Gasteiger partial charge < -0.3 is 10.1 Å². The van der Waals surface area contributed by atoms with Crippen molar-refractivity contribution in [3.8, 4) is 5.75 Å². The molecule has 3 aromatic rings. The van der Waals surface area contributed by atoms with Crippen LogP contribution in [0.25, 0.3) is 10.8 Å². The minimum atomic E-state index is -0.596. The SMILES string of the molecule is C.Cc1sc([C@@](C)(Oc2c(C)c(C)c(C)c3c(C)c(C)c(C)c(C)c23)C(C)(C)C(C)(C)NC(C)(C)C)c(C)c1C. The van der Waals surface area contributed by atoms with Gasteiger partial charge in [-0.1, -0.05) is 21.3 Å². The molecule has 1 aromatic heterocycles. The highest BCUT2D eigenvalue weighted by atomic mass is 32.1. The van der Waals surface area contributed by atoms with Crippen LogP contribution in [0, 0.1) is 74.7 Å². The van der Waals surface area contributed by atoms with Crippen molar-refractivity contribution < 1.29 is 4.74 Å². The summed E-state index contributed by atoms with van der Waals surface area (Å²) in [7, 11) is 0. The van der Waals surface area contributed by atoms with Crippen molar-refractivity contribution in [3.05, 3.63) is 59.8 Å². The molecule has 1 atom stereocenters. The molecular weight excluding hydrogens is 506 g/mol. The van der Waals surface area contributed by atoms with Crippen LogP contribution in [0.15, 0.2) is 0 Å². The summed E-state index contributed by atoms with van der Waals surface area (Å²) in [6, 6.07) is 0. The molecule has 0 aliphatic heterocycles. The molecule has 3 heteroatoms. The average Bonchev–Trinajstić information content (AvgIpc) is 3.07. The van der Waals surface area contributed by atoms with Crippen molar-refractivity contribution in [2.45, 2.75) is 149 Å². The summed E-state index contributed by atoms with van der Waals surface area (Å²) in [6.45, 7) is 41.3. The van der Waals surface area contributed by atoms with Crippen molar-refractivity contribution in [1.29, 1.82) is 0 Å². The number of nitrogens with one attached hydrogen (secondary N) is 1. The summed E-state index contributed by atoms with van der Waals surface area (Å²) >= 11 is 1.91. The van der Waals surface area contributed by atoms with E-state index in [2.05, 4.69) is 130 Å². The third-order valence-electron chi connectivity index (χ3n) is 10.6. The highest BCUT2D eigenvalue weighted by Crippen LogP contribution is 2.55. The molecule has 0 unspecified atom stereocenters. The van der Waals surface area contributed by atoms with E-state index in [1.165, 1.54) is 70.6 Å². The van der Waals surface area contributed by atoms with E-state index in [-0.39, 0.29) is 23.9 Å². The van der Waals surface area contributed by atoms with Gasteiger partial charge in [-0.25, -0.2) is 0 Å². The fraction of sp³-hybridized carbons (Fsp3) is 0.622. The Morgan fingerprint density at radius 3 is 1.35 bits per heavy atom. The first-order valence-corrected chi connectivity index (χ1v) is 15.4. The molecule has 3 rings (SSSR count). The summed E-state index contributed by atoms with van der Waals surface area (Å²) in [5.41, 5.74) is 11.0. The number of hydrogen-bond donors (Lipinski definition) is 1. The molecule has 2 aromatic carbocycles. The van der Waals surface area contributed by atoms with Crippen molar-refractivity contribution in [2.24, 2.45) is 5.41 Å². The second-order valence-electron chi connectivity index (χ2n) is 14.5. The number of rotatable bonds is 6. The number of aryl methyl sites for hydroxylation is 4. The maximum Gasteiger partial charge on any atom is 0.147 e. The summed E-state index contributed by atoms with van der Waals surface area (Å²) in [4.78, 5) is 2.70. The minimum absolute atomic E-state index is 0. The number of hydrogen-bond acceptors (Lipinski definition) is 3. The molecular formula is C37H59NOS. The largest absolute Gasteiger partial charge is 0.480 e. The van der Waals surface area contributed by atoms with Gasteiger partial charge in [0.15, 0.2) is 0 Å². The maximum absolute atomic E-state index is 7.68. The average molecular weight is 566 g/mol. The van der Waals surface area contributed by atoms with E-state index in [4.69, 9.17) is 4.74 Å². The molecule has 0 fully saturated rings. The first-order valence-electron chi connectivity index (χ1n) is 14.6. The number of thiophene rings is 1. The van der Waals surface area contributed by atoms with Gasteiger partial charge in [0.25, 0.3) is 0 Å². The van der Waals surface area contributed by atoms with E-state index < -0.39 is 5.60 Å². The Labute approximate surface area is 251 Å². The second kappa shape index (κ2) is 10.8. The van der Waals surface area contributed by atoms with Gasteiger partial charge in [-0.2, -0.15) is 0 Å². The minimum Gasteiger partial charge on any atom is -0.480 e. The van der Waals surface area contributed by atoms with Crippen molar-refractivity contribution in [3.63, 3.8) is 0 Å². The van der Waals surface area contributed by atoms with Crippen LogP contribution in [-0.2, 0) is 5.60 Å². The summed E-state index contributed by atoms with van der Waals surface area (Å²) in [6.07, 6.45) is 0. The van der Waals surface area contributed by atoms with Gasteiger partial charge in [0.05, 0.1) is 4.88 Å². The normalized spacial score (nSPS) is 14.3. The van der Waals surface area contributed by atoms with Crippen LogP contribution in [0.3, 0.4) is 0 Å². The Bertz CT molecular complexity index is 1440. The lowest BCUT2D eigenvalue weighted by Crippen LogP contribution is -2.65. The van der Waals surface area contributed by atoms with Crippen LogP contribution in [0.4, 0.5) is 0 Å². The Morgan fingerprint density at radius 1 is 0.525 bits per heavy atom. The van der Waals surface area contributed by atoms with E-state index in [1.54, 1.807) is 0 Å². The monoisotopic (exact) mass is 565 g/mol. The van der Waals surface area contributed by atoms with Crippen LogP contribution in [-0.4, -0.2) is 11.1 Å². The van der Waals surface area contributed by atoms with Gasteiger partial charge in [0, 0.05) is 26.8 Å². The zero-order valence-electron chi connectivity index (χ0n) is 28.3. The predicted octanol–water partition coefficient (Wildman–Crippen LogP) is 11.1. The smallest absolute Gasteiger partial charge is 0.147 e. The summed E-state index contributed by atoms with van der Waals surface area (Å²) in [5, 5.41) is 6.61. The van der Waals surface area contributed by atoms with E-state index in [9.17, 15) is 0 Å². The molecule has 0 aliphatic rings. The standard InChI is InChI=1S/C36H55NOS.CH4/c1-19-20(2)25(7)30-29(23(19)5)24(6)21(3)26(8)31(30)38-36(18,32-27(9)22(4)28(10)39-32)34(14,15)35(16,17)37-33(11,12)13;/h37H,1-18H3;1H4/t36-;/m1./s1. The summed E-state index contributed by atoms with van der Waals surface area (Å²) < 4.78 is 7.68. The van der Waals surface area contributed by atoms with Gasteiger partial charge in [0.1, 0.15) is 11.4 Å². The van der Waals surface area contributed by atoms with Crippen molar-refractivity contribution in [1.82, 2.24) is 5.32 Å². The Balaban J connectivity index is 0.00000560. The quantitative estimate of drug-likeness (QED) is 0.321. The van der Waals surface area contributed by atoms with Crippen LogP contribution in [0.1, 0.15) is 123 Å². The molecule has 40 heavy (non-hydrogen) atoms. The second-order valence-corrected chi connectivity index (χ2v) is 15.7. The van der Waals surface area contributed by atoms with E-state index in [0.717, 1.165) is 5.75 Å². The topological polar surface area (TPSA) is 21.3 Å². The Morgan fingerprint density at radius 2 is 0.950 bits per heavy atom. The molecule has 0 spiro atoms. The van der Waals surface area contributed by atoms with Crippen LogP contribution >= 0.6 is 11.3 Å². The third kappa shape index (κ3) is 5.15. The van der Waals surface area contributed by atoms with E-state index in [0.29, 0.717) is 0 Å².